The van der Waals surface area contributed by atoms with Crippen LogP contribution in [0.1, 0.15) is 29.8 Å². The Bertz CT molecular complexity index is 1240. The highest BCUT2D eigenvalue weighted by atomic mass is 32.2. The highest BCUT2D eigenvalue weighted by Crippen LogP contribution is 2.33. The molecule has 6 nitrogen and oxygen atoms in total. The van der Waals surface area contributed by atoms with E-state index < -0.39 is 0 Å². The van der Waals surface area contributed by atoms with Gasteiger partial charge in [0.15, 0.2) is 16.8 Å². The molecule has 0 aliphatic heterocycles. The molecule has 0 bridgehead atoms. The van der Waals surface area contributed by atoms with E-state index >= 15 is 0 Å². The van der Waals surface area contributed by atoms with Crippen LogP contribution in [0.4, 0.5) is 0 Å². The Balaban J connectivity index is 1.71. The minimum atomic E-state index is 0.0264. The minimum absolute atomic E-state index is 0.0264. The number of benzene rings is 3. The van der Waals surface area contributed by atoms with Crippen molar-refractivity contribution >= 4 is 17.5 Å². The summed E-state index contributed by atoms with van der Waals surface area (Å²) in [5.74, 6) is 2.92. The fraction of sp³-hybridized carbons (Fsp3) is 0.192. The molecule has 0 atom stereocenters. The van der Waals surface area contributed by atoms with Crippen LogP contribution in [0.2, 0.25) is 0 Å². The normalized spacial score (nSPS) is 10.8. The van der Waals surface area contributed by atoms with Crippen LogP contribution < -0.4 is 9.47 Å². The molecular formula is C26H25N3O3S. The summed E-state index contributed by atoms with van der Waals surface area (Å²) in [6, 6.07) is 23.4. The fourth-order valence-corrected chi connectivity index (χ4v) is 4.38. The van der Waals surface area contributed by atoms with Crippen LogP contribution in [0, 0.1) is 0 Å². The highest BCUT2D eigenvalue weighted by Gasteiger charge is 2.17. The van der Waals surface area contributed by atoms with Gasteiger partial charge in [0.1, 0.15) is 11.5 Å². The molecule has 1 aromatic heterocycles. The molecule has 4 aromatic rings. The summed E-state index contributed by atoms with van der Waals surface area (Å²) in [6.45, 7) is 4.07. The van der Waals surface area contributed by atoms with Gasteiger partial charge in [0.2, 0.25) is 0 Å². The van der Waals surface area contributed by atoms with Crippen molar-refractivity contribution in [2.75, 3.05) is 13.7 Å². The third-order valence-electron chi connectivity index (χ3n) is 5.12. The Labute approximate surface area is 197 Å². The largest absolute Gasteiger partial charge is 0.497 e. The predicted octanol–water partition coefficient (Wildman–Crippen LogP) is 5.84. The Hall–Kier alpha value is -3.58. The van der Waals surface area contributed by atoms with Gasteiger partial charge in [-0.05, 0) is 68.4 Å². The molecule has 0 aliphatic rings. The van der Waals surface area contributed by atoms with Crippen LogP contribution in [0.5, 0.6) is 11.5 Å². The van der Waals surface area contributed by atoms with Crippen molar-refractivity contribution in [3.05, 3.63) is 83.9 Å². The van der Waals surface area contributed by atoms with Crippen LogP contribution in [0.3, 0.4) is 0 Å². The van der Waals surface area contributed by atoms with E-state index in [0.29, 0.717) is 17.9 Å². The second-order valence-corrected chi connectivity index (χ2v) is 8.25. The van der Waals surface area contributed by atoms with E-state index in [1.807, 2.05) is 78.2 Å². The molecule has 3 aromatic carbocycles. The van der Waals surface area contributed by atoms with E-state index in [2.05, 4.69) is 10.2 Å². The number of methoxy groups -OCH3 is 1. The van der Waals surface area contributed by atoms with Gasteiger partial charge in [-0.1, -0.05) is 30.0 Å². The number of nitrogens with zero attached hydrogens (tertiary/aromatic N) is 3. The zero-order valence-corrected chi connectivity index (χ0v) is 19.6. The van der Waals surface area contributed by atoms with E-state index in [1.165, 1.54) is 0 Å². The number of hydrogen-bond donors (Lipinski definition) is 0. The lowest BCUT2D eigenvalue weighted by Gasteiger charge is -2.13. The van der Waals surface area contributed by atoms with Crippen molar-refractivity contribution in [1.29, 1.82) is 0 Å². The van der Waals surface area contributed by atoms with Gasteiger partial charge in [-0.3, -0.25) is 9.36 Å². The lowest BCUT2D eigenvalue weighted by molar-refractivity contribution is 0.101. The molecule has 7 heteroatoms. The van der Waals surface area contributed by atoms with Gasteiger partial charge in [0.25, 0.3) is 0 Å². The molecular weight excluding hydrogens is 434 g/mol. The van der Waals surface area contributed by atoms with Gasteiger partial charge in [0, 0.05) is 28.1 Å². The third-order valence-corrected chi connectivity index (χ3v) is 6.10. The average Bonchev–Trinajstić information content (AvgIpc) is 3.28. The molecule has 168 valence electrons. The van der Waals surface area contributed by atoms with Crippen molar-refractivity contribution in [2.24, 2.45) is 0 Å². The van der Waals surface area contributed by atoms with Gasteiger partial charge in [-0.15, -0.1) is 10.2 Å². The van der Waals surface area contributed by atoms with Crippen molar-refractivity contribution in [1.82, 2.24) is 14.8 Å². The van der Waals surface area contributed by atoms with Gasteiger partial charge in [0.05, 0.1) is 13.7 Å². The first-order valence-corrected chi connectivity index (χ1v) is 11.6. The quantitative estimate of drug-likeness (QED) is 0.232. The number of rotatable bonds is 9. The molecule has 0 radical (unpaired) electrons. The predicted molar refractivity (Wildman–Crippen MR) is 131 cm³/mol. The average molecular weight is 460 g/mol. The van der Waals surface area contributed by atoms with Crippen molar-refractivity contribution < 1.29 is 14.3 Å². The molecule has 0 aliphatic carbocycles. The Morgan fingerprint density at radius 2 is 1.76 bits per heavy atom. The maximum Gasteiger partial charge on any atom is 0.196 e. The monoisotopic (exact) mass is 459 g/mol. The fourth-order valence-electron chi connectivity index (χ4n) is 3.45. The molecule has 0 saturated heterocycles. The molecule has 0 unspecified atom stereocenters. The molecule has 0 saturated carbocycles. The second-order valence-electron chi connectivity index (χ2n) is 7.31. The SMILES string of the molecule is CCOc1ccc(C(C)=O)cc1CSc1nnc(-c2ccc(OC)cc2)n1-c1ccccc1. The number of ether oxygens (including phenoxy) is 2. The number of carbonyl (C=O) groups is 1. The molecule has 33 heavy (non-hydrogen) atoms. The lowest BCUT2D eigenvalue weighted by Crippen LogP contribution is -2.01. The van der Waals surface area contributed by atoms with E-state index in [1.54, 1.807) is 31.9 Å². The Kier molecular flexibility index (Phi) is 7.10. The number of thioether (sulfide) groups is 1. The topological polar surface area (TPSA) is 66.2 Å². The zero-order valence-electron chi connectivity index (χ0n) is 18.8. The van der Waals surface area contributed by atoms with E-state index in [9.17, 15) is 4.79 Å². The first kappa shape index (κ1) is 22.6. The van der Waals surface area contributed by atoms with E-state index in [4.69, 9.17) is 9.47 Å². The van der Waals surface area contributed by atoms with Crippen molar-refractivity contribution in [3.63, 3.8) is 0 Å². The standard InChI is InChI=1S/C26H25N3O3S/c1-4-32-24-15-12-20(18(2)30)16-21(24)17-33-26-28-27-25(19-10-13-23(31-3)14-11-19)29(26)22-8-6-5-7-9-22/h5-16H,4,17H2,1-3H3. The molecule has 0 fully saturated rings. The van der Waals surface area contributed by atoms with Crippen LogP contribution in [0.15, 0.2) is 78.0 Å². The summed E-state index contributed by atoms with van der Waals surface area (Å²) in [4.78, 5) is 11.9. The zero-order chi connectivity index (χ0) is 23.2. The smallest absolute Gasteiger partial charge is 0.196 e. The Morgan fingerprint density at radius 1 is 1.00 bits per heavy atom. The first-order valence-electron chi connectivity index (χ1n) is 10.7. The van der Waals surface area contributed by atoms with Crippen molar-refractivity contribution in [2.45, 2.75) is 24.8 Å². The summed E-state index contributed by atoms with van der Waals surface area (Å²) in [5, 5.41) is 9.75. The van der Waals surface area contributed by atoms with E-state index in [0.717, 1.165) is 39.3 Å². The van der Waals surface area contributed by atoms with Gasteiger partial charge in [-0.25, -0.2) is 0 Å². The molecule has 4 rings (SSSR count). The molecule has 0 N–H and O–H groups in total. The Morgan fingerprint density at radius 3 is 2.42 bits per heavy atom. The summed E-state index contributed by atoms with van der Waals surface area (Å²) in [6.07, 6.45) is 0. The number of para-hydroxylation sites is 1. The minimum Gasteiger partial charge on any atom is -0.497 e. The first-order chi connectivity index (χ1) is 16.1. The van der Waals surface area contributed by atoms with Crippen LogP contribution >= 0.6 is 11.8 Å². The molecule has 1 heterocycles. The number of Topliss-reactive ketones (excluding diaryl/α,β-unsaturated/α-hetero) is 1. The summed E-state index contributed by atoms with van der Waals surface area (Å²) in [5.41, 5.74) is 3.52. The number of hydrogen-bond acceptors (Lipinski definition) is 6. The van der Waals surface area contributed by atoms with Gasteiger partial charge < -0.3 is 9.47 Å². The van der Waals surface area contributed by atoms with Crippen LogP contribution in [-0.4, -0.2) is 34.3 Å². The molecule has 0 amide bonds. The molecule has 0 spiro atoms. The van der Waals surface area contributed by atoms with E-state index in [-0.39, 0.29) is 5.78 Å². The van der Waals surface area contributed by atoms with Gasteiger partial charge >= 0.3 is 0 Å². The van der Waals surface area contributed by atoms with Gasteiger partial charge in [-0.2, -0.15) is 0 Å². The maximum absolute atomic E-state index is 11.9. The summed E-state index contributed by atoms with van der Waals surface area (Å²) >= 11 is 1.55. The maximum atomic E-state index is 11.9. The lowest BCUT2D eigenvalue weighted by atomic mass is 10.1. The number of carbonyl (C=O) groups excluding carboxylic acids is 1. The number of ketones is 1. The summed E-state index contributed by atoms with van der Waals surface area (Å²) in [7, 11) is 1.65. The number of aromatic nitrogens is 3. The van der Waals surface area contributed by atoms with Crippen LogP contribution in [0.25, 0.3) is 17.1 Å². The third kappa shape index (κ3) is 5.09. The summed E-state index contributed by atoms with van der Waals surface area (Å²) < 4.78 is 13.1. The van der Waals surface area contributed by atoms with Crippen molar-refractivity contribution in [3.8, 4) is 28.6 Å². The van der Waals surface area contributed by atoms with Crippen LogP contribution in [-0.2, 0) is 5.75 Å². The highest BCUT2D eigenvalue weighted by molar-refractivity contribution is 7.98. The second kappa shape index (κ2) is 10.4.